The van der Waals surface area contributed by atoms with Crippen molar-refractivity contribution in [2.75, 3.05) is 6.61 Å². The summed E-state index contributed by atoms with van der Waals surface area (Å²) in [6.45, 7) is 3.22. The molecule has 0 radical (unpaired) electrons. The van der Waals surface area contributed by atoms with Gasteiger partial charge in [0.15, 0.2) is 0 Å². The molecular weight excluding hydrogens is 316 g/mol. The molecule has 0 fully saturated rings. The van der Waals surface area contributed by atoms with Crippen LogP contribution in [0.4, 0.5) is 0 Å². The number of carboxylic acid groups (broad SMARTS) is 1. The molecule has 2 aromatic carbocycles. The van der Waals surface area contributed by atoms with E-state index in [4.69, 9.17) is 9.47 Å². The summed E-state index contributed by atoms with van der Waals surface area (Å²) in [6, 6.07) is 15.8. The third-order valence-electron chi connectivity index (χ3n) is 4.87. The fraction of sp³-hybridized carbons (Fsp3) is 0.381. The van der Waals surface area contributed by atoms with Gasteiger partial charge in [0, 0.05) is 12.0 Å². The third-order valence-corrected chi connectivity index (χ3v) is 4.87. The molecule has 1 aliphatic heterocycles. The third kappa shape index (κ3) is 4.32. The summed E-state index contributed by atoms with van der Waals surface area (Å²) in [4.78, 5) is 11.3. The maximum Gasteiger partial charge on any atom is 0.303 e. The van der Waals surface area contributed by atoms with Crippen molar-refractivity contribution >= 4 is 5.97 Å². The Bertz CT molecular complexity index is 711. The van der Waals surface area contributed by atoms with Gasteiger partial charge in [0.2, 0.25) is 0 Å². The van der Waals surface area contributed by atoms with Crippen LogP contribution < -0.4 is 9.47 Å². The first-order valence-electron chi connectivity index (χ1n) is 8.82. The Morgan fingerprint density at radius 3 is 2.76 bits per heavy atom. The first-order chi connectivity index (χ1) is 12.2. The Hall–Kier alpha value is -2.49. The lowest BCUT2D eigenvalue weighted by Crippen LogP contribution is -2.16. The van der Waals surface area contributed by atoms with Gasteiger partial charge in [-0.15, -0.1) is 0 Å². The lowest BCUT2D eigenvalue weighted by atomic mass is 9.80. The van der Waals surface area contributed by atoms with E-state index < -0.39 is 5.97 Å². The summed E-state index contributed by atoms with van der Waals surface area (Å²) in [7, 11) is 0. The minimum absolute atomic E-state index is 0.0110. The van der Waals surface area contributed by atoms with Gasteiger partial charge in [0.1, 0.15) is 18.1 Å². The van der Waals surface area contributed by atoms with Crippen molar-refractivity contribution in [2.24, 2.45) is 5.92 Å². The van der Waals surface area contributed by atoms with E-state index in [0.29, 0.717) is 19.1 Å². The van der Waals surface area contributed by atoms with Crippen LogP contribution in [-0.2, 0) is 11.4 Å². The Morgan fingerprint density at radius 2 is 2.04 bits per heavy atom. The average molecular weight is 340 g/mol. The molecule has 0 aromatic heterocycles. The number of rotatable bonds is 6. The van der Waals surface area contributed by atoms with Crippen LogP contribution in [0.2, 0.25) is 0 Å². The predicted octanol–water partition coefficient (Wildman–Crippen LogP) is 4.63. The second-order valence-corrected chi connectivity index (χ2v) is 6.48. The van der Waals surface area contributed by atoms with Gasteiger partial charge in [-0.3, -0.25) is 4.79 Å². The van der Waals surface area contributed by atoms with E-state index in [1.54, 1.807) is 0 Å². The lowest BCUT2D eigenvalue weighted by molar-refractivity contribution is -0.137. The zero-order valence-corrected chi connectivity index (χ0v) is 14.5. The minimum Gasteiger partial charge on any atom is -0.493 e. The molecule has 25 heavy (non-hydrogen) atoms. The summed E-state index contributed by atoms with van der Waals surface area (Å²) in [6.07, 6.45) is 1.97. The molecule has 0 spiro atoms. The molecule has 1 heterocycles. The topological polar surface area (TPSA) is 55.8 Å². The summed E-state index contributed by atoms with van der Waals surface area (Å²) in [5.41, 5.74) is 2.09. The number of hydrogen-bond donors (Lipinski definition) is 1. The predicted molar refractivity (Wildman–Crippen MR) is 96.1 cm³/mol. The van der Waals surface area contributed by atoms with Crippen molar-refractivity contribution in [1.82, 2.24) is 0 Å². The molecule has 1 N–H and O–H groups in total. The second kappa shape index (κ2) is 8.06. The number of carboxylic acids is 1. The summed E-state index contributed by atoms with van der Waals surface area (Å²) < 4.78 is 11.8. The van der Waals surface area contributed by atoms with Gasteiger partial charge in [-0.2, -0.15) is 0 Å². The van der Waals surface area contributed by atoms with Gasteiger partial charge in [-0.1, -0.05) is 49.7 Å². The molecule has 132 valence electrons. The van der Waals surface area contributed by atoms with Crippen LogP contribution in [0.25, 0.3) is 0 Å². The van der Waals surface area contributed by atoms with Crippen LogP contribution in [0.15, 0.2) is 48.5 Å². The molecule has 3 rings (SSSR count). The molecule has 0 bridgehead atoms. The van der Waals surface area contributed by atoms with Gasteiger partial charge >= 0.3 is 5.97 Å². The molecule has 0 saturated carbocycles. The normalized spacial score (nSPS) is 19.4. The molecule has 0 saturated heterocycles. The van der Waals surface area contributed by atoms with Crippen LogP contribution in [-0.4, -0.2) is 17.7 Å². The zero-order valence-electron chi connectivity index (χ0n) is 14.5. The van der Waals surface area contributed by atoms with Crippen molar-refractivity contribution < 1.29 is 19.4 Å². The summed E-state index contributed by atoms with van der Waals surface area (Å²) in [5, 5.41) is 9.30. The average Bonchev–Trinajstić information content (AvgIpc) is 2.79. The quantitative estimate of drug-likeness (QED) is 0.833. The molecule has 1 aliphatic rings. The number of fused-ring (bicyclic) bond motifs is 1. The van der Waals surface area contributed by atoms with Gasteiger partial charge < -0.3 is 14.6 Å². The number of aliphatic carboxylic acids is 1. The second-order valence-electron chi connectivity index (χ2n) is 6.48. The van der Waals surface area contributed by atoms with Gasteiger partial charge in [-0.25, -0.2) is 0 Å². The lowest BCUT2D eigenvalue weighted by Gasteiger charge is -2.23. The van der Waals surface area contributed by atoms with Crippen LogP contribution >= 0.6 is 0 Å². The van der Waals surface area contributed by atoms with Crippen molar-refractivity contribution in [3.63, 3.8) is 0 Å². The van der Waals surface area contributed by atoms with Crippen molar-refractivity contribution in [1.29, 1.82) is 0 Å². The van der Waals surface area contributed by atoms with E-state index >= 15 is 0 Å². The Balaban J connectivity index is 1.80. The van der Waals surface area contributed by atoms with Crippen molar-refractivity contribution in [3.05, 3.63) is 59.7 Å². The Labute approximate surface area is 148 Å². The number of benzene rings is 2. The number of ether oxygens (including phenoxy) is 2. The first-order valence-corrected chi connectivity index (χ1v) is 8.82. The molecule has 0 amide bonds. The smallest absolute Gasteiger partial charge is 0.303 e. The van der Waals surface area contributed by atoms with Gasteiger partial charge in [0.25, 0.3) is 0 Å². The minimum atomic E-state index is -0.763. The van der Waals surface area contributed by atoms with Crippen LogP contribution in [0.5, 0.6) is 11.5 Å². The molecule has 4 heteroatoms. The monoisotopic (exact) mass is 340 g/mol. The summed E-state index contributed by atoms with van der Waals surface area (Å²) in [5.74, 6) is 1.05. The highest BCUT2D eigenvalue weighted by molar-refractivity contribution is 5.68. The Kier molecular flexibility index (Phi) is 5.59. The van der Waals surface area contributed by atoms with E-state index in [-0.39, 0.29) is 12.3 Å². The molecule has 4 nitrogen and oxygen atoms in total. The van der Waals surface area contributed by atoms with Crippen LogP contribution in [0.1, 0.15) is 43.2 Å². The van der Waals surface area contributed by atoms with E-state index in [1.165, 1.54) is 0 Å². The fourth-order valence-electron chi connectivity index (χ4n) is 3.51. The highest BCUT2D eigenvalue weighted by atomic mass is 16.5. The largest absolute Gasteiger partial charge is 0.493 e. The molecule has 0 aliphatic carbocycles. The highest BCUT2D eigenvalue weighted by Gasteiger charge is 2.29. The zero-order chi connectivity index (χ0) is 17.6. The summed E-state index contributed by atoms with van der Waals surface area (Å²) >= 11 is 0. The molecular formula is C21H24O4. The number of carbonyl (C=O) groups is 1. The fourth-order valence-corrected chi connectivity index (χ4v) is 3.51. The van der Waals surface area contributed by atoms with Crippen LogP contribution in [0.3, 0.4) is 0 Å². The van der Waals surface area contributed by atoms with Crippen LogP contribution in [0, 0.1) is 5.92 Å². The molecule has 2 aromatic rings. The maximum atomic E-state index is 11.3. The molecule has 2 atom stereocenters. The van der Waals surface area contributed by atoms with Crippen molar-refractivity contribution in [3.8, 4) is 11.5 Å². The van der Waals surface area contributed by atoms with E-state index in [1.807, 2.05) is 48.5 Å². The maximum absolute atomic E-state index is 11.3. The van der Waals surface area contributed by atoms with Crippen molar-refractivity contribution in [2.45, 2.75) is 38.7 Å². The van der Waals surface area contributed by atoms with E-state index in [9.17, 15) is 9.90 Å². The van der Waals surface area contributed by atoms with Gasteiger partial charge in [-0.05, 0) is 29.5 Å². The first kappa shape index (κ1) is 17.3. The number of hydrogen-bond acceptors (Lipinski definition) is 3. The highest BCUT2D eigenvalue weighted by Crippen LogP contribution is 2.41. The Morgan fingerprint density at radius 1 is 1.24 bits per heavy atom. The van der Waals surface area contributed by atoms with E-state index in [2.05, 4.69) is 6.92 Å². The standard InChI is InChI=1S/C21H24O4/c1-2-16-10-11-24-20-12-17(25-14-15-6-4-3-5-7-15)8-9-18(20)19(16)13-21(22)23/h3-9,12,16,19H,2,10-11,13-14H2,1H3,(H,22,23). The van der Waals surface area contributed by atoms with E-state index in [0.717, 1.165) is 35.5 Å². The SMILES string of the molecule is CCC1CCOc2cc(OCc3ccccc3)ccc2C1CC(=O)O. The molecule has 2 unspecified atom stereocenters. The van der Waals surface area contributed by atoms with Gasteiger partial charge in [0.05, 0.1) is 13.0 Å².